The van der Waals surface area contributed by atoms with Gasteiger partial charge in [0, 0.05) is 10.9 Å². The number of carbonyl (C=O) groups excluding carboxylic acids is 1. The molecule has 2 N–H and O–H groups in total. The first-order chi connectivity index (χ1) is 12.7. The SMILES string of the molecule is CCCOC(=O)c1ccc(COc2ccc(-c3csc(N)n3)cc2)cc1. The van der Waals surface area contributed by atoms with E-state index in [1.165, 1.54) is 11.3 Å². The van der Waals surface area contributed by atoms with Crippen molar-refractivity contribution in [2.75, 3.05) is 12.3 Å². The van der Waals surface area contributed by atoms with Crippen LogP contribution in [0.5, 0.6) is 5.75 Å². The molecule has 5 nitrogen and oxygen atoms in total. The zero-order chi connectivity index (χ0) is 18.4. The molecule has 0 radical (unpaired) electrons. The third-order valence-corrected chi connectivity index (χ3v) is 4.38. The van der Waals surface area contributed by atoms with Crippen LogP contribution >= 0.6 is 11.3 Å². The van der Waals surface area contributed by atoms with E-state index in [9.17, 15) is 4.79 Å². The number of benzene rings is 2. The third-order valence-electron chi connectivity index (χ3n) is 3.70. The van der Waals surface area contributed by atoms with Crippen molar-refractivity contribution in [3.8, 4) is 17.0 Å². The minimum Gasteiger partial charge on any atom is -0.489 e. The predicted molar refractivity (Wildman–Crippen MR) is 103 cm³/mol. The number of carbonyl (C=O) groups is 1. The number of aromatic nitrogens is 1. The van der Waals surface area contributed by atoms with Crippen LogP contribution in [0.4, 0.5) is 5.13 Å². The van der Waals surface area contributed by atoms with Gasteiger partial charge >= 0.3 is 5.97 Å². The molecule has 0 aliphatic carbocycles. The van der Waals surface area contributed by atoms with Crippen molar-refractivity contribution in [1.29, 1.82) is 0 Å². The highest BCUT2D eigenvalue weighted by molar-refractivity contribution is 7.13. The molecule has 26 heavy (non-hydrogen) atoms. The second-order valence-corrected chi connectivity index (χ2v) is 6.61. The van der Waals surface area contributed by atoms with Gasteiger partial charge in [-0.2, -0.15) is 0 Å². The fourth-order valence-electron chi connectivity index (χ4n) is 2.32. The minimum absolute atomic E-state index is 0.294. The van der Waals surface area contributed by atoms with Gasteiger partial charge in [0.15, 0.2) is 5.13 Å². The largest absolute Gasteiger partial charge is 0.489 e. The van der Waals surface area contributed by atoms with Crippen molar-refractivity contribution >= 4 is 22.4 Å². The number of hydrogen-bond acceptors (Lipinski definition) is 6. The Kier molecular flexibility index (Phi) is 5.86. The molecule has 2 aromatic carbocycles. The lowest BCUT2D eigenvalue weighted by molar-refractivity contribution is 0.0505. The van der Waals surface area contributed by atoms with Crippen LogP contribution < -0.4 is 10.5 Å². The molecular formula is C20H20N2O3S. The number of ether oxygens (including phenoxy) is 2. The molecule has 3 rings (SSSR count). The molecule has 0 aliphatic rings. The average molecular weight is 368 g/mol. The molecular weight excluding hydrogens is 348 g/mol. The molecule has 0 fully saturated rings. The van der Waals surface area contributed by atoms with E-state index in [4.69, 9.17) is 15.2 Å². The van der Waals surface area contributed by atoms with Crippen molar-refractivity contribution in [1.82, 2.24) is 4.98 Å². The molecule has 0 unspecified atom stereocenters. The Balaban J connectivity index is 1.56. The topological polar surface area (TPSA) is 74.4 Å². The number of anilines is 1. The monoisotopic (exact) mass is 368 g/mol. The Bertz CT molecular complexity index is 858. The van der Waals surface area contributed by atoms with E-state index >= 15 is 0 Å². The standard InChI is InChI=1S/C20H20N2O3S/c1-2-11-24-19(23)16-5-3-14(4-6-16)12-25-17-9-7-15(8-10-17)18-13-26-20(21)22-18/h3-10,13H,2,11-12H2,1H3,(H2,21,22). The summed E-state index contributed by atoms with van der Waals surface area (Å²) in [7, 11) is 0. The highest BCUT2D eigenvalue weighted by atomic mass is 32.1. The van der Waals surface area contributed by atoms with Gasteiger partial charge in [0.05, 0.1) is 17.9 Å². The molecule has 0 bridgehead atoms. The summed E-state index contributed by atoms with van der Waals surface area (Å²) in [6.45, 7) is 2.83. The summed E-state index contributed by atoms with van der Waals surface area (Å²) in [4.78, 5) is 16.0. The highest BCUT2D eigenvalue weighted by Gasteiger charge is 2.07. The summed E-state index contributed by atoms with van der Waals surface area (Å²) in [5.41, 5.74) is 9.06. The van der Waals surface area contributed by atoms with E-state index in [0.717, 1.165) is 29.0 Å². The van der Waals surface area contributed by atoms with Crippen LogP contribution in [-0.2, 0) is 11.3 Å². The summed E-state index contributed by atoms with van der Waals surface area (Å²) in [5.74, 6) is 0.473. The summed E-state index contributed by atoms with van der Waals surface area (Å²) in [6.07, 6.45) is 0.812. The molecule has 0 aliphatic heterocycles. The Morgan fingerprint density at radius 1 is 1.12 bits per heavy atom. The van der Waals surface area contributed by atoms with E-state index in [-0.39, 0.29) is 5.97 Å². The summed E-state index contributed by atoms with van der Waals surface area (Å²) in [5, 5.41) is 2.49. The maximum atomic E-state index is 11.8. The van der Waals surface area contributed by atoms with Gasteiger partial charge in [-0.1, -0.05) is 19.1 Å². The number of esters is 1. The van der Waals surface area contributed by atoms with Gasteiger partial charge in [0.1, 0.15) is 12.4 Å². The average Bonchev–Trinajstić information content (AvgIpc) is 3.11. The van der Waals surface area contributed by atoms with E-state index in [0.29, 0.717) is 23.9 Å². The summed E-state index contributed by atoms with van der Waals surface area (Å²) < 4.78 is 10.9. The van der Waals surface area contributed by atoms with E-state index in [1.807, 2.05) is 48.7 Å². The van der Waals surface area contributed by atoms with Crippen LogP contribution in [0, 0.1) is 0 Å². The van der Waals surface area contributed by atoms with Crippen LogP contribution in [0.3, 0.4) is 0 Å². The number of hydrogen-bond donors (Lipinski definition) is 1. The van der Waals surface area contributed by atoms with Crippen LogP contribution in [0.1, 0.15) is 29.3 Å². The molecule has 0 saturated heterocycles. The number of rotatable bonds is 7. The first kappa shape index (κ1) is 17.9. The first-order valence-corrected chi connectivity index (χ1v) is 9.24. The van der Waals surface area contributed by atoms with Crippen molar-refractivity contribution < 1.29 is 14.3 Å². The maximum Gasteiger partial charge on any atom is 0.338 e. The molecule has 1 aromatic heterocycles. The van der Waals surface area contributed by atoms with Crippen LogP contribution in [-0.4, -0.2) is 17.6 Å². The van der Waals surface area contributed by atoms with Gasteiger partial charge in [-0.3, -0.25) is 0 Å². The van der Waals surface area contributed by atoms with Gasteiger partial charge in [-0.05, 0) is 48.4 Å². The third kappa shape index (κ3) is 4.61. The first-order valence-electron chi connectivity index (χ1n) is 8.36. The van der Waals surface area contributed by atoms with Gasteiger partial charge in [0.2, 0.25) is 0 Å². The molecule has 3 aromatic rings. The Hall–Kier alpha value is -2.86. The van der Waals surface area contributed by atoms with Crippen LogP contribution in [0.25, 0.3) is 11.3 Å². The predicted octanol–water partition coefficient (Wildman–Crippen LogP) is 4.54. The van der Waals surface area contributed by atoms with E-state index < -0.39 is 0 Å². The molecule has 0 saturated carbocycles. The fourth-order valence-corrected chi connectivity index (χ4v) is 2.90. The summed E-state index contributed by atoms with van der Waals surface area (Å²) in [6, 6.07) is 15.0. The fraction of sp³-hybridized carbons (Fsp3) is 0.200. The van der Waals surface area contributed by atoms with Crippen molar-refractivity contribution in [3.05, 3.63) is 65.0 Å². The van der Waals surface area contributed by atoms with E-state index in [1.54, 1.807) is 12.1 Å². The summed E-state index contributed by atoms with van der Waals surface area (Å²) >= 11 is 1.42. The maximum absolute atomic E-state index is 11.8. The molecule has 6 heteroatoms. The quantitative estimate of drug-likeness (QED) is 0.620. The van der Waals surface area contributed by atoms with Crippen LogP contribution in [0.15, 0.2) is 53.9 Å². The number of nitrogen functional groups attached to an aromatic ring is 1. The minimum atomic E-state index is -0.294. The Morgan fingerprint density at radius 2 is 1.85 bits per heavy atom. The highest BCUT2D eigenvalue weighted by Crippen LogP contribution is 2.25. The van der Waals surface area contributed by atoms with Crippen molar-refractivity contribution in [2.24, 2.45) is 0 Å². The zero-order valence-corrected chi connectivity index (χ0v) is 15.3. The Labute approximate surface area is 156 Å². The number of nitrogens with two attached hydrogens (primary N) is 1. The molecule has 1 heterocycles. The number of nitrogens with zero attached hydrogens (tertiary/aromatic N) is 1. The smallest absolute Gasteiger partial charge is 0.338 e. The van der Waals surface area contributed by atoms with Gasteiger partial charge in [-0.15, -0.1) is 11.3 Å². The lowest BCUT2D eigenvalue weighted by Crippen LogP contribution is -2.06. The molecule has 0 amide bonds. The molecule has 0 atom stereocenters. The normalized spacial score (nSPS) is 10.5. The van der Waals surface area contributed by atoms with Gasteiger partial charge < -0.3 is 15.2 Å². The molecule has 0 spiro atoms. The second-order valence-electron chi connectivity index (χ2n) is 5.72. The lowest BCUT2D eigenvalue weighted by Gasteiger charge is -2.08. The Morgan fingerprint density at radius 3 is 2.46 bits per heavy atom. The second kappa shape index (κ2) is 8.49. The molecule has 134 valence electrons. The van der Waals surface area contributed by atoms with Gasteiger partial charge in [-0.25, -0.2) is 9.78 Å². The van der Waals surface area contributed by atoms with Gasteiger partial charge in [0.25, 0.3) is 0 Å². The van der Waals surface area contributed by atoms with Crippen LogP contribution in [0.2, 0.25) is 0 Å². The zero-order valence-electron chi connectivity index (χ0n) is 14.5. The number of thiazole rings is 1. The van der Waals surface area contributed by atoms with Crippen molar-refractivity contribution in [3.63, 3.8) is 0 Å². The van der Waals surface area contributed by atoms with E-state index in [2.05, 4.69) is 4.98 Å². The van der Waals surface area contributed by atoms with Crippen molar-refractivity contribution in [2.45, 2.75) is 20.0 Å². The lowest BCUT2D eigenvalue weighted by atomic mass is 10.1.